The van der Waals surface area contributed by atoms with Crippen molar-refractivity contribution in [2.75, 3.05) is 13.1 Å². The average Bonchev–Trinajstić information content (AvgIpc) is 3.26. The molecule has 1 aliphatic rings. The molecule has 2 aromatic heterocycles. The summed E-state index contributed by atoms with van der Waals surface area (Å²) in [4.78, 5) is 16.8. The fourth-order valence-corrected chi connectivity index (χ4v) is 3.57. The molecule has 0 spiro atoms. The van der Waals surface area contributed by atoms with Gasteiger partial charge in [0.25, 0.3) is 5.91 Å². The topological polar surface area (TPSA) is 71.8 Å². The van der Waals surface area contributed by atoms with Gasteiger partial charge in [-0.2, -0.15) is 5.10 Å². The maximum atomic E-state index is 12.6. The minimum absolute atomic E-state index is 0.100. The quantitative estimate of drug-likeness (QED) is 0.717. The van der Waals surface area contributed by atoms with Crippen LogP contribution in [0.3, 0.4) is 0 Å². The van der Waals surface area contributed by atoms with Crippen molar-refractivity contribution < 1.29 is 4.79 Å². The summed E-state index contributed by atoms with van der Waals surface area (Å²) in [5.74, 6) is -0.147. The molecule has 1 saturated heterocycles. The standard InChI is InChI=1S/C22H25N5O/c1-16(17-6-8-18(9-7-17)19-4-2-11-23-14-19)25-22(28)21-10-13-27(26-21)20-5-3-12-24-15-20/h2,4,6-11,13-14,16,20,24H,3,5,12,15H2,1H3,(H,25,28). The molecule has 6 heteroatoms. The normalized spacial score (nSPS) is 17.8. The van der Waals surface area contributed by atoms with E-state index in [2.05, 4.69) is 32.8 Å². The highest BCUT2D eigenvalue weighted by Gasteiger charge is 2.19. The van der Waals surface area contributed by atoms with Gasteiger partial charge in [0, 0.05) is 25.1 Å². The Morgan fingerprint density at radius 2 is 2.07 bits per heavy atom. The minimum Gasteiger partial charge on any atom is -0.344 e. The molecule has 2 N–H and O–H groups in total. The average molecular weight is 375 g/mol. The van der Waals surface area contributed by atoms with Gasteiger partial charge in [-0.25, -0.2) is 0 Å². The number of nitrogens with zero attached hydrogens (tertiary/aromatic N) is 3. The van der Waals surface area contributed by atoms with Crippen LogP contribution >= 0.6 is 0 Å². The van der Waals surface area contributed by atoms with E-state index in [0.717, 1.165) is 42.6 Å². The molecule has 0 bridgehead atoms. The summed E-state index contributed by atoms with van der Waals surface area (Å²) in [6, 6.07) is 14.2. The summed E-state index contributed by atoms with van der Waals surface area (Å²) < 4.78 is 1.91. The van der Waals surface area contributed by atoms with Crippen LogP contribution in [-0.2, 0) is 0 Å². The van der Waals surface area contributed by atoms with E-state index in [1.54, 1.807) is 12.3 Å². The van der Waals surface area contributed by atoms with Crippen LogP contribution in [0.2, 0.25) is 0 Å². The van der Waals surface area contributed by atoms with Crippen molar-refractivity contribution in [3.63, 3.8) is 0 Å². The first-order valence-corrected chi connectivity index (χ1v) is 9.78. The maximum absolute atomic E-state index is 12.6. The predicted molar refractivity (Wildman–Crippen MR) is 109 cm³/mol. The Bertz CT molecular complexity index is 914. The van der Waals surface area contributed by atoms with E-state index in [1.165, 1.54) is 0 Å². The number of pyridine rings is 1. The van der Waals surface area contributed by atoms with E-state index in [9.17, 15) is 4.79 Å². The van der Waals surface area contributed by atoms with Gasteiger partial charge in [-0.1, -0.05) is 30.3 Å². The van der Waals surface area contributed by atoms with Gasteiger partial charge < -0.3 is 10.6 Å². The lowest BCUT2D eigenvalue weighted by Gasteiger charge is -2.22. The van der Waals surface area contributed by atoms with Gasteiger partial charge in [0.05, 0.1) is 12.1 Å². The number of aromatic nitrogens is 3. The summed E-state index contributed by atoms with van der Waals surface area (Å²) >= 11 is 0. The zero-order valence-corrected chi connectivity index (χ0v) is 16.0. The molecule has 2 atom stereocenters. The van der Waals surface area contributed by atoms with Crippen molar-refractivity contribution in [1.29, 1.82) is 0 Å². The van der Waals surface area contributed by atoms with Gasteiger partial charge in [0.15, 0.2) is 0 Å². The van der Waals surface area contributed by atoms with Gasteiger partial charge in [0.1, 0.15) is 5.69 Å². The number of nitrogens with one attached hydrogen (secondary N) is 2. The highest BCUT2D eigenvalue weighted by Crippen LogP contribution is 2.21. The first-order chi connectivity index (χ1) is 13.7. The molecule has 144 valence electrons. The summed E-state index contributed by atoms with van der Waals surface area (Å²) in [7, 11) is 0. The number of amides is 1. The lowest BCUT2D eigenvalue weighted by Crippen LogP contribution is -2.32. The SMILES string of the molecule is CC(NC(=O)c1ccn(C2CCCNC2)n1)c1ccc(-c2cccnc2)cc1. The fourth-order valence-electron chi connectivity index (χ4n) is 3.57. The Balaban J connectivity index is 1.40. The second-order valence-electron chi connectivity index (χ2n) is 7.24. The molecular formula is C22H25N5O. The van der Waals surface area contributed by atoms with E-state index in [1.807, 2.05) is 48.3 Å². The smallest absolute Gasteiger partial charge is 0.272 e. The third kappa shape index (κ3) is 4.12. The van der Waals surface area contributed by atoms with Crippen LogP contribution in [0.25, 0.3) is 11.1 Å². The molecule has 1 fully saturated rings. The molecular weight excluding hydrogens is 350 g/mol. The zero-order valence-electron chi connectivity index (χ0n) is 16.0. The molecule has 1 amide bonds. The number of hydrogen-bond donors (Lipinski definition) is 2. The summed E-state index contributed by atoms with van der Waals surface area (Å²) in [5.41, 5.74) is 3.70. The Morgan fingerprint density at radius 1 is 1.21 bits per heavy atom. The number of carbonyl (C=O) groups excluding carboxylic acids is 1. The van der Waals surface area contributed by atoms with Crippen molar-refractivity contribution in [3.8, 4) is 11.1 Å². The highest BCUT2D eigenvalue weighted by atomic mass is 16.2. The number of carbonyl (C=O) groups is 1. The van der Waals surface area contributed by atoms with Crippen molar-refractivity contribution in [2.45, 2.75) is 31.8 Å². The van der Waals surface area contributed by atoms with E-state index < -0.39 is 0 Å². The number of hydrogen-bond acceptors (Lipinski definition) is 4. The van der Waals surface area contributed by atoms with E-state index >= 15 is 0 Å². The monoisotopic (exact) mass is 375 g/mol. The lowest BCUT2D eigenvalue weighted by molar-refractivity contribution is 0.0933. The van der Waals surface area contributed by atoms with Gasteiger partial charge >= 0.3 is 0 Å². The number of benzene rings is 1. The van der Waals surface area contributed by atoms with Crippen LogP contribution in [0.15, 0.2) is 61.1 Å². The van der Waals surface area contributed by atoms with Crippen LogP contribution in [0.1, 0.15) is 47.9 Å². The molecule has 28 heavy (non-hydrogen) atoms. The van der Waals surface area contributed by atoms with Gasteiger partial charge in [-0.3, -0.25) is 14.5 Å². The molecule has 3 heterocycles. The molecule has 1 aliphatic heterocycles. The van der Waals surface area contributed by atoms with Crippen LogP contribution in [0.4, 0.5) is 0 Å². The molecule has 0 saturated carbocycles. The summed E-state index contributed by atoms with van der Waals surface area (Å²) in [5, 5.41) is 10.9. The molecule has 2 unspecified atom stereocenters. The first kappa shape index (κ1) is 18.4. The van der Waals surface area contributed by atoms with E-state index in [0.29, 0.717) is 11.7 Å². The first-order valence-electron chi connectivity index (χ1n) is 9.78. The third-order valence-electron chi connectivity index (χ3n) is 5.24. The number of rotatable bonds is 5. The lowest BCUT2D eigenvalue weighted by atomic mass is 10.0. The van der Waals surface area contributed by atoms with Crippen LogP contribution < -0.4 is 10.6 Å². The van der Waals surface area contributed by atoms with Crippen LogP contribution in [-0.4, -0.2) is 33.8 Å². The summed E-state index contributed by atoms with van der Waals surface area (Å²) in [6.07, 6.45) is 7.74. The van der Waals surface area contributed by atoms with Crippen molar-refractivity contribution >= 4 is 5.91 Å². The Kier molecular flexibility index (Phi) is 5.48. The maximum Gasteiger partial charge on any atom is 0.272 e. The molecule has 0 aliphatic carbocycles. The second kappa shape index (κ2) is 8.35. The molecule has 0 radical (unpaired) electrons. The highest BCUT2D eigenvalue weighted by molar-refractivity contribution is 5.92. The summed E-state index contributed by atoms with van der Waals surface area (Å²) in [6.45, 7) is 3.95. The Hall–Kier alpha value is -2.99. The van der Waals surface area contributed by atoms with Crippen LogP contribution in [0, 0.1) is 0 Å². The zero-order chi connectivity index (χ0) is 19.3. The largest absolute Gasteiger partial charge is 0.344 e. The van der Waals surface area contributed by atoms with Crippen LogP contribution in [0.5, 0.6) is 0 Å². The van der Waals surface area contributed by atoms with E-state index in [4.69, 9.17) is 0 Å². The molecule has 4 rings (SSSR count). The molecule has 1 aromatic carbocycles. The van der Waals surface area contributed by atoms with Gasteiger partial charge in [0.2, 0.25) is 0 Å². The second-order valence-corrected chi connectivity index (χ2v) is 7.24. The minimum atomic E-state index is -0.147. The predicted octanol–water partition coefficient (Wildman–Crippen LogP) is 3.36. The third-order valence-corrected chi connectivity index (χ3v) is 5.24. The van der Waals surface area contributed by atoms with Crippen molar-refractivity contribution in [2.24, 2.45) is 0 Å². The Labute approximate surface area is 165 Å². The van der Waals surface area contributed by atoms with Crippen molar-refractivity contribution in [1.82, 2.24) is 25.4 Å². The van der Waals surface area contributed by atoms with Gasteiger partial charge in [-0.15, -0.1) is 0 Å². The van der Waals surface area contributed by atoms with E-state index in [-0.39, 0.29) is 11.9 Å². The van der Waals surface area contributed by atoms with Gasteiger partial charge in [-0.05, 0) is 55.1 Å². The fraction of sp³-hybridized carbons (Fsp3) is 0.318. The van der Waals surface area contributed by atoms with Crippen molar-refractivity contribution in [3.05, 3.63) is 72.3 Å². The number of piperidine rings is 1. The molecule has 3 aromatic rings. The Morgan fingerprint density at radius 3 is 2.79 bits per heavy atom. The molecule has 6 nitrogen and oxygen atoms in total.